The summed E-state index contributed by atoms with van der Waals surface area (Å²) in [7, 11) is -0.333. The highest BCUT2D eigenvalue weighted by molar-refractivity contribution is 7.93. The zero-order valence-electron chi connectivity index (χ0n) is 14.6. The van der Waals surface area contributed by atoms with E-state index in [1.807, 2.05) is 30.3 Å². The van der Waals surface area contributed by atoms with Gasteiger partial charge in [0.15, 0.2) is 21.0 Å². The molecule has 3 aromatic rings. The summed E-state index contributed by atoms with van der Waals surface area (Å²) in [6.07, 6.45) is 2.38. The van der Waals surface area contributed by atoms with Crippen LogP contribution in [0.4, 0.5) is 0 Å². The molecule has 0 aliphatic rings. The van der Waals surface area contributed by atoms with Crippen molar-refractivity contribution in [3.63, 3.8) is 0 Å². The number of nitrogens with zero attached hydrogens (tertiary/aromatic N) is 4. The smallest absolute Gasteiger partial charge is 0.322 e. The molecule has 26 heavy (non-hydrogen) atoms. The predicted octanol–water partition coefficient (Wildman–Crippen LogP) is 0.497. The Balaban J connectivity index is 2.29. The van der Waals surface area contributed by atoms with Crippen molar-refractivity contribution in [1.29, 1.82) is 0 Å². The Kier molecular flexibility index (Phi) is 4.41. The Morgan fingerprint density at radius 2 is 1.73 bits per heavy atom. The molecule has 1 aromatic carbocycles. The van der Waals surface area contributed by atoms with Gasteiger partial charge in [-0.2, -0.15) is 0 Å². The minimum absolute atomic E-state index is 0.220. The number of aryl methyl sites for hydroxylation is 1. The molecule has 0 fully saturated rings. The normalized spacial score (nSPS) is 12.3. The predicted molar refractivity (Wildman–Crippen MR) is 99.6 cm³/mol. The van der Waals surface area contributed by atoms with Gasteiger partial charge in [-0.05, 0) is 11.6 Å². The average Bonchev–Trinajstić information content (AvgIpc) is 2.92. The number of aromatic nitrogens is 4. The zero-order chi connectivity index (χ0) is 19.1. The van der Waals surface area contributed by atoms with Crippen molar-refractivity contribution in [2.75, 3.05) is 6.26 Å². The molecule has 0 aliphatic heterocycles. The summed E-state index contributed by atoms with van der Waals surface area (Å²) in [4.78, 5) is 29.5. The lowest BCUT2D eigenvalue weighted by Gasteiger charge is -2.09. The molecule has 0 amide bonds. The molecule has 0 atom stereocenters. The summed E-state index contributed by atoms with van der Waals surface area (Å²) in [5, 5.41) is 1.01. The number of fused-ring (bicyclic) bond motifs is 1. The first-order chi connectivity index (χ1) is 12.2. The van der Waals surface area contributed by atoms with E-state index in [0.29, 0.717) is 0 Å². The molecule has 2 aromatic heterocycles. The molecule has 0 spiro atoms. The van der Waals surface area contributed by atoms with Crippen molar-refractivity contribution in [1.82, 2.24) is 18.7 Å². The van der Waals surface area contributed by atoms with Crippen LogP contribution in [0.5, 0.6) is 0 Å². The second kappa shape index (κ2) is 6.41. The molecule has 0 unspecified atom stereocenters. The van der Waals surface area contributed by atoms with E-state index < -0.39 is 21.1 Å². The number of hydrogen-bond donors (Lipinski definition) is 0. The Labute approximate surface area is 149 Å². The van der Waals surface area contributed by atoms with Crippen LogP contribution in [-0.4, -0.2) is 33.4 Å². The van der Waals surface area contributed by atoms with Crippen LogP contribution in [0.2, 0.25) is 0 Å². The Morgan fingerprint density at radius 3 is 2.35 bits per heavy atom. The van der Waals surface area contributed by atoms with Gasteiger partial charge in [-0.3, -0.25) is 13.9 Å². The molecular formula is C17H18N4O4S. The first-order valence-corrected chi connectivity index (χ1v) is 9.73. The second-order valence-electron chi connectivity index (χ2n) is 6.05. The maximum absolute atomic E-state index is 12.6. The fourth-order valence-corrected chi connectivity index (χ4v) is 3.06. The molecular weight excluding hydrogens is 356 g/mol. The van der Waals surface area contributed by atoms with Crippen molar-refractivity contribution in [3.8, 4) is 0 Å². The number of sulfone groups is 1. The molecule has 0 saturated carbocycles. The van der Waals surface area contributed by atoms with Gasteiger partial charge in [0, 0.05) is 25.8 Å². The van der Waals surface area contributed by atoms with Gasteiger partial charge >= 0.3 is 5.69 Å². The van der Waals surface area contributed by atoms with E-state index in [4.69, 9.17) is 0 Å². The monoisotopic (exact) mass is 374 g/mol. The summed E-state index contributed by atoms with van der Waals surface area (Å²) in [6.45, 7) is 0.247. The summed E-state index contributed by atoms with van der Waals surface area (Å²) in [6, 6.07) is 9.33. The maximum atomic E-state index is 12.6. The molecule has 0 radical (unpaired) electrons. The Hall–Kier alpha value is -2.94. The van der Waals surface area contributed by atoms with Crippen LogP contribution < -0.4 is 11.2 Å². The van der Waals surface area contributed by atoms with E-state index in [9.17, 15) is 18.0 Å². The number of benzene rings is 1. The van der Waals surface area contributed by atoms with Crippen LogP contribution in [0.15, 0.2) is 45.3 Å². The number of hydrogen-bond acceptors (Lipinski definition) is 5. The summed E-state index contributed by atoms with van der Waals surface area (Å²) < 4.78 is 26.7. The van der Waals surface area contributed by atoms with Crippen molar-refractivity contribution in [2.45, 2.75) is 6.54 Å². The van der Waals surface area contributed by atoms with Gasteiger partial charge in [0.05, 0.1) is 6.54 Å². The third-order valence-corrected chi connectivity index (χ3v) is 4.67. The highest BCUT2D eigenvalue weighted by Crippen LogP contribution is 2.13. The molecule has 8 nitrogen and oxygen atoms in total. The average molecular weight is 374 g/mol. The van der Waals surface area contributed by atoms with E-state index in [2.05, 4.69) is 4.98 Å². The molecule has 136 valence electrons. The zero-order valence-corrected chi connectivity index (χ0v) is 15.4. The third-order valence-electron chi connectivity index (χ3n) is 4.04. The minimum atomic E-state index is -3.35. The van der Waals surface area contributed by atoms with Crippen LogP contribution >= 0.6 is 0 Å². The van der Waals surface area contributed by atoms with E-state index in [0.717, 1.165) is 21.8 Å². The van der Waals surface area contributed by atoms with E-state index in [1.54, 1.807) is 7.05 Å². The molecule has 0 saturated heterocycles. The van der Waals surface area contributed by atoms with Gasteiger partial charge < -0.3 is 4.57 Å². The van der Waals surface area contributed by atoms with Crippen molar-refractivity contribution >= 4 is 27.1 Å². The molecule has 0 N–H and O–H groups in total. The molecule has 3 rings (SSSR count). The lowest BCUT2D eigenvalue weighted by atomic mass is 10.2. The first-order valence-electron chi connectivity index (χ1n) is 7.77. The van der Waals surface area contributed by atoms with Crippen molar-refractivity contribution in [2.24, 2.45) is 14.1 Å². The summed E-state index contributed by atoms with van der Waals surface area (Å²) >= 11 is 0. The molecule has 2 heterocycles. The topological polar surface area (TPSA) is 96.0 Å². The van der Waals surface area contributed by atoms with Gasteiger partial charge in [0.2, 0.25) is 0 Å². The van der Waals surface area contributed by atoms with E-state index in [-0.39, 0.29) is 23.5 Å². The lowest BCUT2D eigenvalue weighted by molar-refractivity contribution is 0.610. The number of imidazole rings is 1. The van der Waals surface area contributed by atoms with Crippen LogP contribution in [0.3, 0.4) is 0 Å². The van der Waals surface area contributed by atoms with Crippen LogP contribution in [0.25, 0.3) is 17.2 Å². The maximum Gasteiger partial charge on any atom is 0.332 e. The first kappa shape index (κ1) is 17.9. The van der Waals surface area contributed by atoms with Crippen molar-refractivity contribution < 1.29 is 8.42 Å². The highest BCUT2D eigenvalue weighted by Gasteiger charge is 2.18. The van der Waals surface area contributed by atoms with E-state index in [1.165, 1.54) is 22.3 Å². The van der Waals surface area contributed by atoms with Crippen LogP contribution in [0.1, 0.15) is 11.4 Å². The fourth-order valence-electron chi connectivity index (χ4n) is 2.69. The van der Waals surface area contributed by atoms with Gasteiger partial charge in [-0.25, -0.2) is 18.2 Å². The quantitative estimate of drug-likeness (QED) is 0.662. The third kappa shape index (κ3) is 3.25. The minimum Gasteiger partial charge on any atom is -0.322 e. The van der Waals surface area contributed by atoms with Gasteiger partial charge in [-0.15, -0.1) is 0 Å². The Bertz CT molecular complexity index is 1230. The summed E-state index contributed by atoms with van der Waals surface area (Å²) in [5.41, 5.74) is 0.369. The molecule has 0 aliphatic carbocycles. The highest BCUT2D eigenvalue weighted by atomic mass is 32.2. The Morgan fingerprint density at radius 1 is 1.08 bits per heavy atom. The SMILES string of the molecule is Cn1c(=O)c2c(nc(/C=C/S(C)(=O)=O)n2C)n(Cc2ccccc2)c1=O. The van der Waals surface area contributed by atoms with Gasteiger partial charge in [0.1, 0.15) is 5.82 Å². The molecule has 9 heteroatoms. The fraction of sp³-hybridized carbons (Fsp3) is 0.235. The van der Waals surface area contributed by atoms with Crippen molar-refractivity contribution in [3.05, 3.63) is 68.0 Å². The number of rotatable bonds is 4. The van der Waals surface area contributed by atoms with Crippen LogP contribution in [0, 0.1) is 0 Å². The van der Waals surface area contributed by atoms with Gasteiger partial charge in [0.25, 0.3) is 5.56 Å². The van der Waals surface area contributed by atoms with Gasteiger partial charge in [-0.1, -0.05) is 30.3 Å². The summed E-state index contributed by atoms with van der Waals surface area (Å²) in [5.74, 6) is 0.273. The van der Waals surface area contributed by atoms with Crippen LogP contribution in [-0.2, 0) is 30.5 Å². The molecule has 0 bridgehead atoms. The van der Waals surface area contributed by atoms with E-state index >= 15 is 0 Å². The standard InChI is InChI=1S/C17H18N4O4S/c1-19-13(9-10-26(3,24)25)18-15-14(19)16(22)20(2)17(23)21(15)11-12-7-5-4-6-8-12/h4-10H,11H2,1-3H3/b10-9+. The largest absolute Gasteiger partial charge is 0.332 e. The lowest BCUT2D eigenvalue weighted by Crippen LogP contribution is -2.38. The second-order valence-corrected chi connectivity index (χ2v) is 7.98.